The molecule has 5 rings (SSSR count). The van der Waals surface area contributed by atoms with Gasteiger partial charge in [-0.2, -0.15) is 10.2 Å². The van der Waals surface area contributed by atoms with Crippen molar-refractivity contribution in [3.05, 3.63) is 53.6 Å². The molecule has 2 aliphatic carbocycles. The van der Waals surface area contributed by atoms with Crippen molar-refractivity contribution in [2.75, 3.05) is 5.32 Å². The Hall–Kier alpha value is -3.56. The zero-order valence-corrected chi connectivity index (χ0v) is 20.6. The van der Waals surface area contributed by atoms with E-state index in [9.17, 15) is 9.59 Å². The van der Waals surface area contributed by atoms with Crippen molar-refractivity contribution in [3.63, 3.8) is 0 Å². The highest BCUT2D eigenvalue weighted by molar-refractivity contribution is 6.01. The fourth-order valence-corrected chi connectivity index (χ4v) is 5.40. The van der Waals surface area contributed by atoms with Crippen LogP contribution in [0.4, 0.5) is 14.5 Å². The van der Waals surface area contributed by atoms with Crippen LogP contribution in [0.25, 0.3) is 11.1 Å². The Labute approximate surface area is 207 Å². The maximum Gasteiger partial charge on any atom is 0.270 e. The van der Waals surface area contributed by atoms with Crippen molar-refractivity contribution in [2.45, 2.75) is 57.9 Å². The van der Waals surface area contributed by atoms with E-state index in [1.54, 1.807) is 19.2 Å². The molecule has 0 unspecified atom stereocenters. The van der Waals surface area contributed by atoms with Gasteiger partial charge >= 0.3 is 0 Å². The SMILES string of the molecule is Cc1n[nH]c(C)c1-c1ccc(NC(=O)[C@@H](NC(=O)c2ccnn2C)[C@@H]2CC3(CC3)CCC2(F)F)cc1. The number of anilines is 1. The lowest BCUT2D eigenvalue weighted by atomic mass is 9.73. The van der Waals surface area contributed by atoms with Gasteiger partial charge in [0.1, 0.15) is 11.7 Å². The summed E-state index contributed by atoms with van der Waals surface area (Å²) in [5, 5.41) is 16.5. The van der Waals surface area contributed by atoms with Crippen LogP contribution in [0.5, 0.6) is 0 Å². The number of aryl methyl sites for hydroxylation is 3. The predicted molar refractivity (Wildman–Crippen MR) is 131 cm³/mol. The minimum absolute atomic E-state index is 0.135. The molecule has 2 fully saturated rings. The van der Waals surface area contributed by atoms with E-state index in [4.69, 9.17) is 0 Å². The number of H-pyrrole nitrogens is 1. The molecule has 2 amide bonds. The molecule has 2 aliphatic rings. The van der Waals surface area contributed by atoms with Gasteiger partial charge < -0.3 is 10.6 Å². The average molecular weight is 497 g/mol. The van der Waals surface area contributed by atoms with Gasteiger partial charge in [0.2, 0.25) is 5.91 Å². The summed E-state index contributed by atoms with van der Waals surface area (Å²) in [5.41, 5.74) is 4.21. The molecule has 0 radical (unpaired) electrons. The van der Waals surface area contributed by atoms with Gasteiger partial charge in [0.15, 0.2) is 0 Å². The molecule has 0 saturated heterocycles. The molecule has 2 saturated carbocycles. The highest BCUT2D eigenvalue weighted by Gasteiger charge is 2.58. The van der Waals surface area contributed by atoms with E-state index in [1.165, 1.54) is 16.9 Å². The summed E-state index contributed by atoms with van der Waals surface area (Å²) in [4.78, 5) is 26.4. The first-order chi connectivity index (χ1) is 17.1. The molecule has 8 nitrogen and oxygen atoms in total. The summed E-state index contributed by atoms with van der Waals surface area (Å²) >= 11 is 0. The van der Waals surface area contributed by atoms with Crippen molar-refractivity contribution < 1.29 is 18.4 Å². The number of carbonyl (C=O) groups excluding carboxylic acids is 2. The number of hydrogen-bond acceptors (Lipinski definition) is 4. The minimum Gasteiger partial charge on any atom is -0.338 e. The molecule has 36 heavy (non-hydrogen) atoms. The Morgan fingerprint density at radius 1 is 1.11 bits per heavy atom. The summed E-state index contributed by atoms with van der Waals surface area (Å²) in [5.74, 6) is -5.61. The summed E-state index contributed by atoms with van der Waals surface area (Å²) in [6.45, 7) is 3.83. The van der Waals surface area contributed by atoms with Crippen LogP contribution in [0.2, 0.25) is 0 Å². The number of nitrogens with one attached hydrogen (secondary N) is 3. The Balaban J connectivity index is 1.40. The molecular formula is C26H30F2N6O2. The number of alkyl halides is 2. The number of nitrogens with zero attached hydrogens (tertiary/aromatic N) is 3. The first-order valence-electron chi connectivity index (χ1n) is 12.2. The first kappa shape index (κ1) is 24.1. The number of halogens is 2. The zero-order chi connectivity index (χ0) is 25.7. The molecule has 10 heteroatoms. The van der Waals surface area contributed by atoms with Crippen LogP contribution in [0.3, 0.4) is 0 Å². The van der Waals surface area contributed by atoms with Gasteiger partial charge in [0, 0.05) is 36.6 Å². The Morgan fingerprint density at radius 3 is 2.39 bits per heavy atom. The van der Waals surface area contributed by atoms with Crippen molar-refractivity contribution in [1.82, 2.24) is 25.3 Å². The lowest BCUT2D eigenvalue weighted by Gasteiger charge is -2.40. The second-order valence-corrected chi connectivity index (χ2v) is 10.2. The third-order valence-corrected chi connectivity index (χ3v) is 7.74. The van der Waals surface area contributed by atoms with E-state index in [0.717, 1.165) is 35.4 Å². The maximum absolute atomic E-state index is 15.2. The molecule has 0 bridgehead atoms. The summed E-state index contributed by atoms with van der Waals surface area (Å²) in [6.07, 6.45) is 3.61. The summed E-state index contributed by atoms with van der Waals surface area (Å²) in [7, 11) is 1.59. The fraction of sp³-hybridized carbons (Fsp3) is 0.462. The van der Waals surface area contributed by atoms with Gasteiger partial charge in [-0.25, -0.2) is 8.78 Å². The zero-order valence-electron chi connectivity index (χ0n) is 20.6. The van der Waals surface area contributed by atoms with E-state index >= 15 is 8.78 Å². The molecule has 2 atom stereocenters. The smallest absolute Gasteiger partial charge is 0.270 e. The molecule has 190 valence electrons. The van der Waals surface area contributed by atoms with E-state index < -0.39 is 29.7 Å². The van der Waals surface area contributed by atoms with Crippen molar-refractivity contribution >= 4 is 17.5 Å². The summed E-state index contributed by atoms with van der Waals surface area (Å²) in [6, 6.07) is 7.24. The van der Waals surface area contributed by atoms with Crippen LogP contribution >= 0.6 is 0 Å². The molecular weight excluding hydrogens is 466 g/mol. The third-order valence-electron chi connectivity index (χ3n) is 7.74. The quantitative estimate of drug-likeness (QED) is 0.471. The molecule has 1 aromatic carbocycles. The first-order valence-corrected chi connectivity index (χ1v) is 12.2. The van der Waals surface area contributed by atoms with Crippen molar-refractivity contribution in [1.29, 1.82) is 0 Å². The monoisotopic (exact) mass is 496 g/mol. The third kappa shape index (κ3) is 4.52. The van der Waals surface area contributed by atoms with Crippen LogP contribution in [-0.4, -0.2) is 43.8 Å². The number of aromatic nitrogens is 4. The highest BCUT2D eigenvalue weighted by atomic mass is 19.3. The topological polar surface area (TPSA) is 105 Å². The van der Waals surface area contributed by atoms with E-state index in [0.29, 0.717) is 12.1 Å². The number of rotatable bonds is 6. The molecule has 0 aliphatic heterocycles. The number of benzene rings is 1. The van der Waals surface area contributed by atoms with Gasteiger partial charge in [0.25, 0.3) is 11.8 Å². The second-order valence-electron chi connectivity index (χ2n) is 10.2. The van der Waals surface area contributed by atoms with E-state index in [1.807, 2.05) is 26.0 Å². The molecule has 2 aromatic heterocycles. The Kier molecular flexibility index (Phi) is 5.92. The van der Waals surface area contributed by atoms with Crippen molar-refractivity contribution in [2.24, 2.45) is 18.4 Å². The average Bonchev–Trinajstić information content (AvgIpc) is 3.32. The summed E-state index contributed by atoms with van der Waals surface area (Å²) < 4.78 is 31.7. The Morgan fingerprint density at radius 2 is 1.81 bits per heavy atom. The largest absolute Gasteiger partial charge is 0.338 e. The Bertz CT molecular complexity index is 1270. The highest BCUT2D eigenvalue weighted by Crippen LogP contribution is 2.61. The number of hydrogen-bond donors (Lipinski definition) is 3. The van der Waals surface area contributed by atoms with Crippen LogP contribution in [0.1, 0.15) is 54.0 Å². The van der Waals surface area contributed by atoms with Crippen LogP contribution < -0.4 is 10.6 Å². The molecule has 2 heterocycles. The van der Waals surface area contributed by atoms with Gasteiger partial charge in [-0.3, -0.25) is 19.4 Å². The van der Waals surface area contributed by atoms with Crippen LogP contribution in [-0.2, 0) is 11.8 Å². The number of aromatic amines is 1. The van der Waals surface area contributed by atoms with Gasteiger partial charge in [-0.1, -0.05) is 12.1 Å². The van der Waals surface area contributed by atoms with Crippen LogP contribution in [0.15, 0.2) is 36.5 Å². The maximum atomic E-state index is 15.2. The number of amides is 2. The van der Waals surface area contributed by atoms with Gasteiger partial charge in [-0.05, 0) is 68.7 Å². The molecule has 3 N–H and O–H groups in total. The normalized spacial score (nSPS) is 20.6. The number of carbonyl (C=O) groups is 2. The van der Waals surface area contributed by atoms with Gasteiger partial charge in [-0.15, -0.1) is 0 Å². The lowest BCUT2D eigenvalue weighted by molar-refractivity contribution is -0.136. The molecule has 1 spiro atoms. The lowest BCUT2D eigenvalue weighted by Crippen LogP contribution is -2.56. The van der Waals surface area contributed by atoms with E-state index in [2.05, 4.69) is 25.9 Å². The molecule has 3 aromatic rings. The van der Waals surface area contributed by atoms with Gasteiger partial charge in [0.05, 0.1) is 11.6 Å². The van der Waals surface area contributed by atoms with Crippen LogP contribution in [0, 0.1) is 25.2 Å². The minimum atomic E-state index is -3.06. The fourth-order valence-electron chi connectivity index (χ4n) is 5.40. The predicted octanol–water partition coefficient (Wildman–Crippen LogP) is 4.38. The second kappa shape index (κ2) is 8.83. The van der Waals surface area contributed by atoms with Crippen molar-refractivity contribution in [3.8, 4) is 11.1 Å². The van der Waals surface area contributed by atoms with E-state index in [-0.39, 0.29) is 24.0 Å². The standard InChI is InChI=1S/C26H30F2N6O2/c1-15-21(16(2)33-32-15)17-4-6-18(7-5-17)30-24(36)22(31-23(35)20-8-13-29-34(20)3)19-14-25(9-10-25)11-12-26(19,27)28/h4-8,13,19,22H,9-12,14H2,1-3H3,(H,30,36)(H,31,35)(H,32,33)/t19-,22-/m0/s1.